The Bertz CT molecular complexity index is 630. The van der Waals surface area contributed by atoms with E-state index >= 15 is 0 Å². The molecule has 0 radical (unpaired) electrons. The van der Waals surface area contributed by atoms with E-state index in [-0.39, 0.29) is 6.04 Å². The van der Waals surface area contributed by atoms with Gasteiger partial charge in [-0.1, -0.05) is 51.3 Å². The van der Waals surface area contributed by atoms with Crippen LogP contribution in [-0.4, -0.2) is 7.11 Å². The van der Waals surface area contributed by atoms with E-state index in [4.69, 9.17) is 16.3 Å². The van der Waals surface area contributed by atoms with Crippen LogP contribution in [0.5, 0.6) is 5.75 Å². The Morgan fingerprint density at radius 2 is 2.00 bits per heavy atom. The van der Waals surface area contributed by atoms with Crippen molar-refractivity contribution in [1.82, 2.24) is 5.32 Å². The van der Waals surface area contributed by atoms with Crippen LogP contribution in [0.15, 0.2) is 40.9 Å². The standard InChI is InChI=1S/C17H19BrClNO/c1-11-4-7-17(21-3)15(8-11)12(2)20-10-13-5-6-14(18)9-16(13)19/h4-9,12,20H,10H2,1-3H3. The zero-order chi connectivity index (χ0) is 15.4. The molecule has 21 heavy (non-hydrogen) atoms. The monoisotopic (exact) mass is 367 g/mol. The molecule has 0 aliphatic rings. The molecule has 0 spiro atoms. The molecule has 1 atom stereocenters. The fourth-order valence-corrected chi connectivity index (χ4v) is 2.97. The number of ether oxygens (including phenoxy) is 1. The van der Waals surface area contributed by atoms with Crippen molar-refractivity contribution < 1.29 is 4.74 Å². The highest BCUT2D eigenvalue weighted by Crippen LogP contribution is 2.27. The van der Waals surface area contributed by atoms with Gasteiger partial charge in [0.15, 0.2) is 0 Å². The fraction of sp³-hybridized carbons (Fsp3) is 0.294. The number of benzene rings is 2. The van der Waals surface area contributed by atoms with Crippen molar-refractivity contribution in [2.24, 2.45) is 0 Å². The van der Waals surface area contributed by atoms with Gasteiger partial charge in [0.25, 0.3) is 0 Å². The fourth-order valence-electron chi connectivity index (χ4n) is 2.23. The molecule has 4 heteroatoms. The maximum Gasteiger partial charge on any atom is 0.123 e. The first kappa shape index (κ1) is 16.3. The zero-order valence-electron chi connectivity index (χ0n) is 12.4. The predicted octanol–water partition coefficient (Wildman–Crippen LogP) is 5.27. The summed E-state index contributed by atoms with van der Waals surface area (Å²) in [6.45, 7) is 4.93. The van der Waals surface area contributed by atoms with Crippen molar-refractivity contribution >= 4 is 27.5 Å². The number of methoxy groups -OCH3 is 1. The highest BCUT2D eigenvalue weighted by Gasteiger charge is 2.12. The molecule has 0 aliphatic heterocycles. The summed E-state index contributed by atoms with van der Waals surface area (Å²) < 4.78 is 6.43. The zero-order valence-corrected chi connectivity index (χ0v) is 14.8. The SMILES string of the molecule is COc1ccc(C)cc1C(C)NCc1ccc(Br)cc1Cl. The van der Waals surface area contributed by atoms with E-state index in [1.165, 1.54) is 5.56 Å². The summed E-state index contributed by atoms with van der Waals surface area (Å²) in [6.07, 6.45) is 0. The van der Waals surface area contributed by atoms with E-state index in [9.17, 15) is 0 Å². The van der Waals surface area contributed by atoms with Crippen LogP contribution in [0.25, 0.3) is 0 Å². The third-order valence-corrected chi connectivity index (χ3v) is 4.31. The lowest BCUT2D eigenvalue weighted by Crippen LogP contribution is -2.19. The smallest absolute Gasteiger partial charge is 0.123 e. The summed E-state index contributed by atoms with van der Waals surface area (Å²) in [5, 5.41) is 4.26. The lowest BCUT2D eigenvalue weighted by atomic mass is 10.0. The van der Waals surface area contributed by atoms with Crippen molar-refractivity contribution in [3.63, 3.8) is 0 Å². The lowest BCUT2D eigenvalue weighted by Gasteiger charge is -2.18. The highest BCUT2D eigenvalue weighted by molar-refractivity contribution is 9.10. The van der Waals surface area contributed by atoms with Crippen molar-refractivity contribution in [2.45, 2.75) is 26.4 Å². The van der Waals surface area contributed by atoms with Gasteiger partial charge in [0.1, 0.15) is 5.75 Å². The van der Waals surface area contributed by atoms with Crippen LogP contribution in [0, 0.1) is 6.92 Å². The molecule has 2 aromatic carbocycles. The number of hydrogen-bond donors (Lipinski definition) is 1. The van der Waals surface area contributed by atoms with Crippen LogP contribution in [0.1, 0.15) is 29.7 Å². The van der Waals surface area contributed by atoms with E-state index in [0.29, 0.717) is 6.54 Å². The maximum absolute atomic E-state index is 6.25. The molecule has 0 fully saturated rings. The molecule has 0 heterocycles. The molecule has 1 unspecified atom stereocenters. The summed E-state index contributed by atoms with van der Waals surface area (Å²) in [5.74, 6) is 0.905. The quantitative estimate of drug-likeness (QED) is 0.776. The van der Waals surface area contributed by atoms with Crippen LogP contribution < -0.4 is 10.1 Å². The topological polar surface area (TPSA) is 21.3 Å². The molecular weight excluding hydrogens is 350 g/mol. The molecule has 2 rings (SSSR count). The molecule has 0 saturated heterocycles. The van der Waals surface area contributed by atoms with Gasteiger partial charge in [-0.15, -0.1) is 0 Å². The Balaban J connectivity index is 2.11. The number of nitrogens with one attached hydrogen (secondary N) is 1. The Hall–Kier alpha value is -1.03. The first-order valence-electron chi connectivity index (χ1n) is 6.83. The summed E-state index contributed by atoms with van der Waals surface area (Å²) in [7, 11) is 1.70. The van der Waals surface area contributed by atoms with Gasteiger partial charge in [-0.2, -0.15) is 0 Å². The number of rotatable bonds is 5. The van der Waals surface area contributed by atoms with Gasteiger partial charge in [-0.05, 0) is 37.6 Å². The molecule has 0 amide bonds. The predicted molar refractivity (Wildman–Crippen MR) is 92.1 cm³/mol. The molecule has 2 aromatic rings. The second kappa shape index (κ2) is 7.30. The van der Waals surface area contributed by atoms with E-state index < -0.39 is 0 Å². The minimum atomic E-state index is 0.180. The van der Waals surface area contributed by atoms with Gasteiger partial charge < -0.3 is 10.1 Å². The summed E-state index contributed by atoms with van der Waals surface area (Å²) in [4.78, 5) is 0. The van der Waals surface area contributed by atoms with E-state index in [2.05, 4.69) is 47.2 Å². The average Bonchev–Trinajstić information content (AvgIpc) is 2.46. The summed E-state index contributed by atoms with van der Waals surface area (Å²) >= 11 is 9.67. The Morgan fingerprint density at radius 1 is 1.24 bits per heavy atom. The molecule has 1 N–H and O–H groups in total. The molecule has 2 nitrogen and oxygen atoms in total. The van der Waals surface area contributed by atoms with Gasteiger partial charge in [-0.3, -0.25) is 0 Å². The van der Waals surface area contributed by atoms with Crippen LogP contribution in [0.2, 0.25) is 5.02 Å². The van der Waals surface area contributed by atoms with Gasteiger partial charge in [0, 0.05) is 27.6 Å². The highest BCUT2D eigenvalue weighted by atomic mass is 79.9. The summed E-state index contributed by atoms with van der Waals surface area (Å²) in [6, 6.07) is 12.3. The van der Waals surface area contributed by atoms with Crippen LogP contribution in [0.3, 0.4) is 0 Å². The number of hydrogen-bond acceptors (Lipinski definition) is 2. The first-order chi connectivity index (χ1) is 10.0. The van der Waals surface area contributed by atoms with Gasteiger partial charge >= 0.3 is 0 Å². The van der Waals surface area contributed by atoms with E-state index in [1.54, 1.807) is 7.11 Å². The minimum Gasteiger partial charge on any atom is -0.496 e. The van der Waals surface area contributed by atoms with Gasteiger partial charge in [0.2, 0.25) is 0 Å². The second-order valence-corrected chi connectivity index (χ2v) is 6.41. The second-order valence-electron chi connectivity index (χ2n) is 5.08. The average molecular weight is 369 g/mol. The third-order valence-electron chi connectivity index (χ3n) is 3.47. The van der Waals surface area contributed by atoms with Gasteiger partial charge in [0.05, 0.1) is 7.11 Å². The largest absolute Gasteiger partial charge is 0.496 e. The maximum atomic E-state index is 6.25. The normalized spacial score (nSPS) is 12.2. The Labute approximate surface area is 139 Å². The molecular formula is C17H19BrClNO. The molecule has 0 aromatic heterocycles. The van der Waals surface area contributed by atoms with Crippen molar-refractivity contribution in [1.29, 1.82) is 0 Å². The van der Waals surface area contributed by atoms with Crippen LogP contribution in [-0.2, 0) is 6.54 Å². The van der Waals surface area contributed by atoms with E-state index in [0.717, 1.165) is 26.4 Å². The van der Waals surface area contributed by atoms with Crippen molar-refractivity contribution in [3.8, 4) is 5.75 Å². The van der Waals surface area contributed by atoms with Crippen LogP contribution >= 0.6 is 27.5 Å². The van der Waals surface area contributed by atoms with Crippen molar-refractivity contribution in [2.75, 3.05) is 7.11 Å². The molecule has 0 aliphatic carbocycles. The summed E-state index contributed by atoms with van der Waals surface area (Å²) in [5.41, 5.74) is 3.46. The minimum absolute atomic E-state index is 0.180. The molecule has 112 valence electrons. The Morgan fingerprint density at radius 3 is 2.67 bits per heavy atom. The molecule has 0 saturated carbocycles. The molecule has 0 bridgehead atoms. The van der Waals surface area contributed by atoms with E-state index in [1.807, 2.05) is 24.3 Å². The van der Waals surface area contributed by atoms with Crippen LogP contribution in [0.4, 0.5) is 0 Å². The Kier molecular flexibility index (Phi) is 5.68. The third kappa shape index (κ3) is 4.22. The number of aryl methyl sites for hydroxylation is 1. The van der Waals surface area contributed by atoms with Crippen molar-refractivity contribution in [3.05, 3.63) is 62.6 Å². The lowest BCUT2D eigenvalue weighted by molar-refractivity contribution is 0.401. The first-order valence-corrected chi connectivity index (χ1v) is 8.00. The van der Waals surface area contributed by atoms with Gasteiger partial charge in [-0.25, -0.2) is 0 Å². The number of halogens is 2.